The van der Waals surface area contributed by atoms with Crippen molar-refractivity contribution in [3.63, 3.8) is 0 Å². The van der Waals surface area contributed by atoms with E-state index < -0.39 is 0 Å². The van der Waals surface area contributed by atoms with Gasteiger partial charge in [0.15, 0.2) is 0 Å². The number of carbonyl (C=O) groups excluding carboxylic acids is 2. The Morgan fingerprint density at radius 3 is 2.60 bits per heavy atom. The normalized spacial score (nSPS) is 10.4. The molecule has 0 spiro atoms. The molecule has 1 heterocycles. The smallest absolute Gasteiger partial charge is 0.319 e. The molecule has 0 aliphatic rings. The van der Waals surface area contributed by atoms with E-state index in [0.717, 1.165) is 29.9 Å². The zero-order chi connectivity index (χ0) is 18.4. The molecular formula is C18H24N4O3. The third-order valence-electron chi connectivity index (χ3n) is 3.81. The van der Waals surface area contributed by atoms with Crippen molar-refractivity contribution in [2.75, 3.05) is 19.4 Å². The van der Waals surface area contributed by atoms with Gasteiger partial charge in [-0.15, -0.1) is 0 Å². The molecule has 0 saturated heterocycles. The monoisotopic (exact) mass is 344 g/mol. The minimum Gasteiger partial charge on any atom is -0.361 e. The predicted molar refractivity (Wildman–Crippen MR) is 95.6 cm³/mol. The van der Waals surface area contributed by atoms with Gasteiger partial charge in [-0.05, 0) is 24.6 Å². The summed E-state index contributed by atoms with van der Waals surface area (Å²) in [5, 5.41) is 9.58. The Balaban J connectivity index is 2.00. The fourth-order valence-electron chi connectivity index (χ4n) is 2.47. The number of rotatable bonds is 6. The van der Waals surface area contributed by atoms with Gasteiger partial charge in [-0.3, -0.25) is 4.79 Å². The number of hydrogen-bond donors (Lipinski definition) is 2. The molecule has 0 aliphatic heterocycles. The quantitative estimate of drug-likeness (QED) is 0.843. The van der Waals surface area contributed by atoms with Crippen LogP contribution in [0.4, 0.5) is 10.5 Å². The second-order valence-electron chi connectivity index (χ2n) is 5.83. The van der Waals surface area contributed by atoms with E-state index in [1.165, 1.54) is 4.90 Å². The average molecular weight is 344 g/mol. The number of anilines is 1. The summed E-state index contributed by atoms with van der Waals surface area (Å²) < 4.78 is 5.29. The Morgan fingerprint density at radius 1 is 1.20 bits per heavy atom. The van der Waals surface area contributed by atoms with Crippen LogP contribution in [0.15, 0.2) is 28.8 Å². The van der Waals surface area contributed by atoms with Crippen LogP contribution in [0.1, 0.15) is 41.2 Å². The first kappa shape index (κ1) is 18.5. The van der Waals surface area contributed by atoms with Crippen LogP contribution >= 0.6 is 0 Å². The maximum atomic E-state index is 12.2. The van der Waals surface area contributed by atoms with E-state index in [9.17, 15) is 9.59 Å². The number of hydrogen-bond acceptors (Lipinski definition) is 4. The molecule has 0 aliphatic carbocycles. The number of aryl methyl sites for hydroxylation is 2. The first-order valence-corrected chi connectivity index (χ1v) is 8.29. The number of nitrogens with zero attached hydrogens (tertiary/aromatic N) is 2. The van der Waals surface area contributed by atoms with Crippen LogP contribution in [0.5, 0.6) is 0 Å². The summed E-state index contributed by atoms with van der Waals surface area (Å²) in [7, 11) is 3.37. The van der Waals surface area contributed by atoms with Crippen LogP contribution in [-0.4, -0.2) is 36.1 Å². The van der Waals surface area contributed by atoms with Crippen molar-refractivity contribution < 1.29 is 14.1 Å². The molecule has 0 saturated carbocycles. The van der Waals surface area contributed by atoms with E-state index in [0.29, 0.717) is 17.8 Å². The molecule has 2 rings (SSSR count). The largest absolute Gasteiger partial charge is 0.361 e. The van der Waals surface area contributed by atoms with Crippen LogP contribution in [0.3, 0.4) is 0 Å². The van der Waals surface area contributed by atoms with Crippen LogP contribution in [0.25, 0.3) is 0 Å². The van der Waals surface area contributed by atoms with Gasteiger partial charge in [0.1, 0.15) is 5.76 Å². The molecule has 0 radical (unpaired) electrons. The van der Waals surface area contributed by atoms with E-state index in [4.69, 9.17) is 4.52 Å². The molecule has 3 amide bonds. The molecule has 0 unspecified atom stereocenters. The van der Waals surface area contributed by atoms with Gasteiger partial charge in [-0.1, -0.05) is 25.1 Å². The molecule has 0 fully saturated rings. The Bertz CT molecular complexity index is 731. The summed E-state index contributed by atoms with van der Waals surface area (Å²) in [6.45, 7) is 4.32. The van der Waals surface area contributed by atoms with Gasteiger partial charge >= 0.3 is 6.03 Å². The third-order valence-corrected chi connectivity index (χ3v) is 3.81. The first-order chi connectivity index (χ1) is 12.0. The lowest BCUT2D eigenvalue weighted by atomic mass is 10.1. The van der Waals surface area contributed by atoms with E-state index in [2.05, 4.69) is 15.8 Å². The van der Waals surface area contributed by atoms with Crippen molar-refractivity contribution in [3.05, 3.63) is 46.8 Å². The third kappa shape index (κ3) is 4.59. The molecule has 0 atom stereocenters. The maximum absolute atomic E-state index is 12.2. The molecule has 0 bridgehead atoms. The van der Waals surface area contributed by atoms with Crippen molar-refractivity contribution in [1.82, 2.24) is 15.4 Å². The highest BCUT2D eigenvalue weighted by atomic mass is 16.5. The summed E-state index contributed by atoms with van der Waals surface area (Å²) in [6, 6.07) is 6.48. The van der Waals surface area contributed by atoms with Crippen LogP contribution in [0.2, 0.25) is 0 Å². The molecular weight excluding hydrogens is 320 g/mol. The number of nitrogens with one attached hydrogen (secondary N) is 2. The molecule has 7 nitrogen and oxygen atoms in total. The van der Waals surface area contributed by atoms with Crippen LogP contribution in [-0.2, 0) is 19.4 Å². The lowest BCUT2D eigenvalue weighted by molar-refractivity contribution is 0.0827. The molecule has 1 aromatic heterocycles. The van der Waals surface area contributed by atoms with Gasteiger partial charge < -0.3 is 20.1 Å². The Hall–Kier alpha value is -2.83. The molecule has 2 N–H and O–H groups in total. The second-order valence-corrected chi connectivity index (χ2v) is 5.83. The number of benzene rings is 1. The zero-order valence-electron chi connectivity index (χ0n) is 15.0. The highest BCUT2D eigenvalue weighted by molar-refractivity contribution is 5.96. The lowest BCUT2D eigenvalue weighted by Gasteiger charge is -2.12. The summed E-state index contributed by atoms with van der Waals surface area (Å²) in [5.74, 6) is 0.671. The topological polar surface area (TPSA) is 87.5 Å². The van der Waals surface area contributed by atoms with E-state index >= 15 is 0 Å². The minimum atomic E-state index is -0.347. The van der Waals surface area contributed by atoms with Gasteiger partial charge in [-0.25, -0.2) is 4.79 Å². The standard InChI is InChI=1S/C18H24N4O3/c1-5-15-14(16(6-2)25-21-15)11-19-18(24)20-13-9-7-8-12(10-13)17(23)22(3)4/h7-10H,5-6,11H2,1-4H3,(H2,19,20,24). The number of amides is 3. The Kier molecular flexibility index (Phi) is 6.16. The second kappa shape index (κ2) is 8.32. The number of carbonyl (C=O) groups is 2. The van der Waals surface area contributed by atoms with E-state index in [-0.39, 0.29) is 11.9 Å². The van der Waals surface area contributed by atoms with E-state index in [1.807, 2.05) is 13.8 Å². The van der Waals surface area contributed by atoms with Crippen LogP contribution < -0.4 is 10.6 Å². The maximum Gasteiger partial charge on any atom is 0.319 e. The fourth-order valence-corrected chi connectivity index (χ4v) is 2.47. The summed E-state index contributed by atoms with van der Waals surface area (Å²) in [4.78, 5) is 25.6. The fraction of sp³-hybridized carbons (Fsp3) is 0.389. The summed E-state index contributed by atoms with van der Waals surface area (Å²) >= 11 is 0. The molecule has 134 valence electrons. The zero-order valence-corrected chi connectivity index (χ0v) is 15.0. The van der Waals surface area contributed by atoms with Crippen molar-refractivity contribution >= 4 is 17.6 Å². The van der Waals surface area contributed by atoms with E-state index in [1.54, 1.807) is 38.4 Å². The average Bonchev–Trinajstić information content (AvgIpc) is 3.01. The van der Waals surface area contributed by atoms with Crippen molar-refractivity contribution in [3.8, 4) is 0 Å². The summed E-state index contributed by atoms with van der Waals surface area (Å²) in [5.41, 5.74) is 2.86. The van der Waals surface area contributed by atoms with Crippen LogP contribution in [0, 0.1) is 0 Å². The van der Waals surface area contributed by atoms with Crippen molar-refractivity contribution in [2.45, 2.75) is 33.2 Å². The lowest BCUT2D eigenvalue weighted by Crippen LogP contribution is -2.29. The predicted octanol–water partition coefficient (Wildman–Crippen LogP) is 2.82. The Labute approximate surface area is 147 Å². The van der Waals surface area contributed by atoms with Gasteiger partial charge in [0.25, 0.3) is 5.91 Å². The number of aromatic nitrogens is 1. The molecule has 7 heteroatoms. The SMILES string of the molecule is CCc1noc(CC)c1CNC(=O)Nc1cccc(C(=O)N(C)C)c1. The van der Waals surface area contributed by atoms with Gasteiger partial charge in [0.2, 0.25) is 0 Å². The molecule has 25 heavy (non-hydrogen) atoms. The highest BCUT2D eigenvalue weighted by Crippen LogP contribution is 2.16. The van der Waals surface area contributed by atoms with Crippen molar-refractivity contribution in [1.29, 1.82) is 0 Å². The highest BCUT2D eigenvalue weighted by Gasteiger charge is 2.14. The van der Waals surface area contributed by atoms with Crippen molar-refractivity contribution in [2.24, 2.45) is 0 Å². The molecule has 2 aromatic rings. The van der Waals surface area contributed by atoms with Gasteiger partial charge in [-0.2, -0.15) is 0 Å². The number of urea groups is 1. The first-order valence-electron chi connectivity index (χ1n) is 8.29. The molecule has 1 aromatic carbocycles. The van der Waals surface area contributed by atoms with Gasteiger partial charge in [0.05, 0.1) is 5.69 Å². The Morgan fingerprint density at radius 2 is 1.96 bits per heavy atom. The van der Waals surface area contributed by atoms with Gasteiger partial charge in [0, 0.05) is 43.9 Å². The summed E-state index contributed by atoms with van der Waals surface area (Å²) in [6.07, 6.45) is 1.47. The minimum absolute atomic E-state index is 0.117.